The van der Waals surface area contributed by atoms with Crippen molar-refractivity contribution in [1.82, 2.24) is 0 Å². The molecule has 1 aliphatic carbocycles. The number of amides is 1. The number of carbonyl (C=O) groups excluding carboxylic acids is 1. The summed E-state index contributed by atoms with van der Waals surface area (Å²) in [4.78, 5) is 24.7. The van der Waals surface area contributed by atoms with Gasteiger partial charge in [-0.05, 0) is 59.4 Å². The Balaban J connectivity index is 1.69. The minimum atomic E-state index is -4.63. The minimum absolute atomic E-state index is 0.0763. The predicted molar refractivity (Wildman–Crippen MR) is 135 cm³/mol. The smallest absolute Gasteiger partial charge is 0.392 e. The van der Waals surface area contributed by atoms with Crippen LogP contribution in [0.3, 0.4) is 0 Å². The number of halogens is 5. The highest BCUT2D eigenvalue weighted by molar-refractivity contribution is 6.35. The normalized spacial score (nSPS) is 16.4. The average Bonchev–Trinajstić information content (AvgIpc) is 3.64. The SMILES string of the molecule is C[C@H](C(C(=O)Nc1cc([C@@H](CC(=O)O)C2CC2)ccc1Cl)c1ccc2c(Cl)cccc2c1)C(F)(F)F. The summed E-state index contributed by atoms with van der Waals surface area (Å²) in [5, 5.41) is 13.8. The third-order valence-corrected chi connectivity index (χ3v) is 7.43. The molecule has 3 atom stereocenters. The van der Waals surface area contributed by atoms with Gasteiger partial charge >= 0.3 is 12.1 Å². The molecular formula is C27H24Cl2F3NO3. The van der Waals surface area contributed by atoms with Crippen molar-refractivity contribution in [2.75, 3.05) is 5.32 Å². The van der Waals surface area contributed by atoms with Gasteiger partial charge < -0.3 is 10.4 Å². The molecule has 190 valence electrons. The zero-order valence-electron chi connectivity index (χ0n) is 19.3. The highest BCUT2D eigenvalue weighted by Crippen LogP contribution is 2.46. The van der Waals surface area contributed by atoms with Gasteiger partial charge in [0.15, 0.2) is 0 Å². The molecule has 36 heavy (non-hydrogen) atoms. The second-order valence-electron chi connectivity index (χ2n) is 9.30. The fraction of sp³-hybridized carbons (Fsp3) is 0.333. The van der Waals surface area contributed by atoms with Gasteiger partial charge in [-0.25, -0.2) is 0 Å². The molecule has 0 spiro atoms. The molecule has 1 fully saturated rings. The van der Waals surface area contributed by atoms with Crippen LogP contribution in [0.2, 0.25) is 10.0 Å². The number of nitrogens with one attached hydrogen (secondary N) is 1. The summed E-state index contributed by atoms with van der Waals surface area (Å²) in [7, 11) is 0. The van der Waals surface area contributed by atoms with Gasteiger partial charge in [-0.2, -0.15) is 13.2 Å². The molecular weight excluding hydrogens is 514 g/mol. The Morgan fingerprint density at radius 1 is 1.03 bits per heavy atom. The zero-order valence-corrected chi connectivity index (χ0v) is 20.8. The van der Waals surface area contributed by atoms with Crippen LogP contribution in [0.15, 0.2) is 54.6 Å². The van der Waals surface area contributed by atoms with E-state index in [-0.39, 0.29) is 34.5 Å². The van der Waals surface area contributed by atoms with Crippen molar-refractivity contribution in [3.63, 3.8) is 0 Å². The van der Waals surface area contributed by atoms with E-state index in [4.69, 9.17) is 23.2 Å². The van der Waals surface area contributed by atoms with Crippen molar-refractivity contribution >= 4 is 51.5 Å². The first-order valence-electron chi connectivity index (χ1n) is 11.5. The molecule has 4 rings (SSSR count). The van der Waals surface area contributed by atoms with Gasteiger partial charge in [-0.1, -0.05) is 66.5 Å². The molecule has 1 amide bonds. The number of benzene rings is 3. The van der Waals surface area contributed by atoms with Crippen LogP contribution < -0.4 is 5.32 Å². The summed E-state index contributed by atoms with van der Waals surface area (Å²) in [6, 6.07) is 14.5. The number of aliphatic carboxylic acids is 1. The lowest BCUT2D eigenvalue weighted by atomic mass is 9.84. The van der Waals surface area contributed by atoms with Crippen LogP contribution in [0, 0.1) is 11.8 Å². The van der Waals surface area contributed by atoms with Crippen molar-refractivity contribution in [1.29, 1.82) is 0 Å². The van der Waals surface area contributed by atoms with Crippen LogP contribution >= 0.6 is 23.2 Å². The number of carboxylic acids is 1. The summed E-state index contributed by atoms with van der Waals surface area (Å²) in [5.74, 6) is -5.38. The lowest BCUT2D eigenvalue weighted by molar-refractivity contribution is -0.178. The average molecular weight is 538 g/mol. The third kappa shape index (κ3) is 5.79. The van der Waals surface area contributed by atoms with Crippen LogP contribution in [0.4, 0.5) is 18.9 Å². The van der Waals surface area contributed by atoms with Crippen molar-refractivity contribution < 1.29 is 27.9 Å². The molecule has 1 saturated carbocycles. The largest absolute Gasteiger partial charge is 0.481 e. The topological polar surface area (TPSA) is 66.4 Å². The molecule has 0 bridgehead atoms. The van der Waals surface area contributed by atoms with Gasteiger partial charge in [-0.15, -0.1) is 0 Å². The van der Waals surface area contributed by atoms with Gasteiger partial charge in [0, 0.05) is 10.4 Å². The zero-order chi connectivity index (χ0) is 26.2. The monoisotopic (exact) mass is 537 g/mol. The molecule has 0 aliphatic heterocycles. The maximum Gasteiger partial charge on any atom is 0.392 e. The third-order valence-electron chi connectivity index (χ3n) is 6.77. The molecule has 2 N–H and O–H groups in total. The Labute approximate surface area is 216 Å². The van der Waals surface area contributed by atoms with E-state index in [0.29, 0.717) is 21.4 Å². The lowest BCUT2D eigenvalue weighted by Crippen LogP contribution is -2.34. The van der Waals surface area contributed by atoms with E-state index in [1.807, 2.05) is 0 Å². The molecule has 0 saturated heterocycles. The van der Waals surface area contributed by atoms with E-state index in [1.54, 1.807) is 42.5 Å². The van der Waals surface area contributed by atoms with Crippen molar-refractivity contribution in [2.45, 2.75) is 44.2 Å². The summed E-state index contributed by atoms with van der Waals surface area (Å²) >= 11 is 12.5. The first kappa shape index (κ1) is 26.3. The summed E-state index contributed by atoms with van der Waals surface area (Å²) in [5.41, 5.74) is 1.03. The van der Waals surface area contributed by atoms with E-state index in [9.17, 15) is 27.9 Å². The number of hydrogen-bond donors (Lipinski definition) is 2. The van der Waals surface area contributed by atoms with E-state index in [1.165, 1.54) is 12.1 Å². The predicted octanol–water partition coefficient (Wildman–Crippen LogP) is 8.04. The Morgan fingerprint density at radius 3 is 2.36 bits per heavy atom. The van der Waals surface area contributed by atoms with Crippen molar-refractivity contribution in [2.24, 2.45) is 11.8 Å². The summed E-state index contributed by atoms with van der Waals surface area (Å²) < 4.78 is 41.5. The Hall–Kier alpha value is -2.77. The van der Waals surface area contributed by atoms with Crippen LogP contribution in [0.25, 0.3) is 10.8 Å². The molecule has 3 aromatic rings. The van der Waals surface area contributed by atoms with E-state index >= 15 is 0 Å². The number of carbonyl (C=O) groups is 2. The van der Waals surface area contributed by atoms with Gasteiger partial charge in [-0.3, -0.25) is 9.59 Å². The maximum absolute atomic E-state index is 13.8. The quantitative estimate of drug-likeness (QED) is 0.305. The highest BCUT2D eigenvalue weighted by Gasteiger charge is 2.45. The Bertz CT molecular complexity index is 1310. The number of fused-ring (bicyclic) bond motifs is 1. The Kier molecular flexibility index (Phi) is 7.53. The molecule has 4 nitrogen and oxygen atoms in total. The highest BCUT2D eigenvalue weighted by atomic mass is 35.5. The van der Waals surface area contributed by atoms with E-state index in [0.717, 1.165) is 19.8 Å². The van der Waals surface area contributed by atoms with Gasteiger partial charge in [0.1, 0.15) is 0 Å². The minimum Gasteiger partial charge on any atom is -0.481 e. The number of hydrogen-bond acceptors (Lipinski definition) is 2. The molecule has 1 aliphatic rings. The number of rotatable bonds is 8. The second kappa shape index (κ2) is 10.3. The summed E-state index contributed by atoms with van der Waals surface area (Å²) in [6.07, 6.45) is -2.90. The van der Waals surface area contributed by atoms with Gasteiger partial charge in [0.25, 0.3) is 0 Å². The molecule has 9 heteroatoms. The molecule has 0 heterocycles. The van der Waals surface area contributed by atoms with Crippen LogP contribution in [-0.4, -0.2) is 23.2 Å². The Morgan fingerprint density at radius 2 is 1.72 bits per heavy atom. The first-order valence-corrected chi connectivity index (χ1v) is 12.3. The fourth-order valence-corrected chi connectivity index (χ4v) is 5.05. The lowest BCUT2D eigenvalue weighted by Gasteiger charge is -2.26. The number of anilines is 1. The van der Waals surface area contributed by atoms with Crippen LogP contribution in [-0.2, 0) is 9.59 Å². The number of carboxylic acid groups (broad SMARTS) is 1. The molecule has 1 unspecified atom stereocenters. The molecule has 3 aromatic carbocycles. The van der Waals surface area contributed by atoms with Crippen molar-refractivity contribution in [3.05, 3.63) is 75.8 Å². The van der Waals surface area contributed by atoms with E-state index < -0.39 is 29.9 Å². The summed E-state index contributed by atoms with van der Waals surface area (Å²) in [6.45, 7) is 0.973. The van der Waals surface area contributed by atoms with Crippen molar-refractivity contribution in [3.8, 4) is 0 Å². The maximum atomic E-state index is 13.8. The number of alkyl halides is 3. The second-order valence-corrected chi connectivity index (χ2v) is 10.1. The first-order chi connectivity index (χ1) is 17.0. The van der Waals surface area contributed by atoms with Crippen LogP contribution in [0.5, 0.6) is 0 Å². The molecule has 0 radical (unpaired) electrons. The standard InChI is InChI=1S/C27H24Cl2F3NO3/c1-14(27(30,31)32)25(18-7-9-19-16(11-18)3-2-4-21(19)28)26(36)33-23-12-17(8-10-22(23)29)20(13-24(34)35)15-5-6-15/h2-4,7-12,14-15,20,25H,5-6,13H2,1H3,(H,33,36)(H,34,35)/t14-,20+,25?/m1/s1. The fourth-order valence-electron chi connectivity index (χ4n) is 4.64. The van der Waals surface area contributed by atoms with Crippen LogP contribution in [0.1, 0.15) is 49.1 Å². The van der Waals surface area contributed by atoms with Gasteiger partial charge in [0.05, 0.1) is 29.0 Å². The van der Waals surface area contributed by atoms with E-state index in [2.05, 4.69) is 5.32 Å². The molecule has 0 aromatic heterocycles. The van der Waals surface area contributed by atoms with Gasteiger partial charge in [0.2, 0.25) is 5.91 Å².